The Kier molecular flexibility index (Phi) is 4.71. The zero-order valence-electron chi connectivity index (χ0n) is 18.0. The minimum absolute atomic E-state index is 0.00206. The molecule has 1 aromatic rings. The molecule has 1 saturated heterocycles. The molecule has 3 heterocycles. The number of rotatable bonds is 3. The third-order valence-electron chi connectivity index (χ3n) is 7.05. The van der Waals surface area contributed by atoms with Crippen molar-refractivity contribution < 1.29 is 13.2 Å². The number of piperidine rings is 1. The molecule has 164 valence electrons. The summed E-state index contributed by atoms with van der Waals surface area (Å²) in [5.74, 6) is 0.949. The molecule has 1 fully saturated rings. The monoisotopic (exact) mass is 440 g/mol. The van der Waals surface area contributed by atoms with Crippen LogP contribution in [0.3, 0.4) is 0 Å². The van der Waals surface area contributed by atoms with Crippen LogP contribution < -0.4 is 5.32 Å². The summed E-state index contributed by atoms with van der Waals surface area (Å²) in [6.45, 7) is 5.51. The van der Waals surface area contributed by atoms with E-state index in [0.717, 1.165) is 34.6 Å². The van der Waals surface area contributed by atoms with Crippen LogP contribution in [-0.2, 0) is 20.6 Å². The first-order valence-corrected chi connectivity index (χ1v) is 12.5. The van der Waals surface area contributed by atoms with E-state index in [0.29, 0.717) is 38.9 Å². The second-order valence-corrected chi connectivity index (χ2v) is 11.8. The van der Waals surface area contributed by atoms with Gasteiger partial charge in [-0.15, -0.1) is 5.11 Å². The molecule has 8 heteroatoms. The summed E-state index contributed by atoms with van der Waals surface area (Å²) in [4.78, 5) is 13.3. The van der Waals surface area contributed by atoms with Gasteiger partial charge in [0.25, 0.3) is 0 Å². The van der Waals surface area contributed by atoms with Gasteiger partial charge < -0.3 is 5.32 Å². The van der Waals surface area contributed by atoms with Gasteiger partial charge in [-0.25, -0.2) is 12.7 Å². The number of carbonyl (C=O) groups excluding carboxylic acids is 1. The SMILES string of the molecule is CC1(C)CC(=O)C2=C(C1)NC1=C(CN=N1)C21CCN(S(=O)(=O)Cc2ccccc2)CC1. The Balaban J connectivity index is 1.44. The van der Waals surface area contributed by atoms with Gasteiger partial charge >= 0.3 is 0 Å². The van der Waals surface area contributed by atoms with E-state index in [2.05, 4.69) is 29.4 Å². The average molecular weight is 441 g/mol. The summed E-state index contributed by atoms with van der Waals surface area (Å²) in [6.07, 6.45) is 2.50. The highest BCUT2D eigenvalue weighted by Crippen LogP contribution is 2.55. The fraction of sp³-hybridized carbons (Fsp3) is 0.522. The summed E-state index contributed by atoms with van der Waals surface area (Å²) >= 11 is 0. The molecule has 1 spiro atoms. The summed E-state index contributed by atoms with van der Waals surface area (Å²) in [5.41, 5.74) is 3.11. The molecule has 0 atom stereocenters. The minimum Gasteiger partial charge on any atom is -0.342 e. The topological polar surface area (TPSA) is 91.2 Å². The number of nitrogens with one attached hydrogen (secondary N) is 1. The average Bonchev–Trinajstić information content (AvgIpc) is 3.17. The molecule has 0 saturated carbocycles. The third kappa shape index (κ3) is 3.46. The normalized spacial score (nSPS) is 24.9. The van der Waals surface area contributed by atoms with Crippen LogP contribution in [0.5, 0.6) is 0 Å². The number of azo groups is 1. The quantitative estimate of drug-likeness (QED) is 0.778. The number of hydrogen-bond donors (Lipinski definition) is 1. The van der Waals surface area contributed by atoms with Gasteiger partial charge in [0.2, 0.25) is 10.0 Å². The maximum atomic E-state index is 13.3. The summed E-state index contributed by atoms with van der Waals surface area (Å²) in [7, 11) is -3.42. The van der Waals surface area contributed by atoms with E-state index in [1.165, 1.54) is 0 Å². The third-order valence-corrected chi connectivity index (χ3v) is 8.90. The fourth-order valence-electron chi connectivity index (χ4n) is 5.64. The van der Waals surface area contributed by atoms with Gasteiger partial charge in [0.05, 0.1) is 12.3 Å². The Morgan fingerprint density at radius 1 is 1.10 bits per heavy atom. The second-order valence-electron chi connectivity index (χ2n) is 9.87. The predicted octanol–water partition coefficient (Wildman–Crippen LogP) is 3.52. The molecule has 0 aromatic heterocycles. The molecule has 1 aromatic carbocycles. The van der Waals surface area contributed by atoms with Crippen LogP contribution in [0.25, 0.3) is 0 Å². The number of ketones is 1. The number of sulfonamides is 1. The second kappa shape index (κ2) is 7.10. The number of fused-ring (bicyclic) bond motifs is 2. The first-order chi connectivity index (χ1) is 14.7. The molecule has 1 N–H and O–H groups in total. The number of Topliss-reactive ketones (excluding diaryl/α,β-unsaturated/α-hetero) is 1. The molecule has 0 amide bonds. The number of nitrogens with zero attached hydrogens (tertiary/aromatic N) is 3. The molecule has 31 heavy (non-hydrogen) atoms. The number of benzene rings is 1. The Hall–Kier alpha value is -2.32. The van der Waals surface area contributed by atoms with E-state index in [4.69, 9.17) is 0 Å². The van der Waals surface area contributed by atoms with Crippen molar-refractivity contribution in [2.75, 3.05) is 19.6 Å². The lowest BCUT2D eigenvalue weighted by molar-refractivity contribution is -0.119. The molecule has 7 nitrogen and oxygen atoms in total. The van der Waals surface area contributed by atoms with Crippen molar-refractivity contribution in [3.8, 4) is 0 Å². The zero-order valence-corrected chi connectivity index (χ0v) is 18.8. The molecule has 0 bridgehead atoms. The van der Waals surface area contributed by atoms with E-state index in [9.17, 15) is 13.2 Å². The highest BCUT2D eigenvalue weighted by Gasteiger charge is 2.53. The number of allylic oxidation sites excluding steroid dienone is 2. The summed E-state index contributed by atoms with van der Waals surface area (Å²) in [6, 6.07) is 9.28. The fourth-order valence-corrected chi connectivity index (χ4v) is 7.18. The first-order valence-electron chi connectivity index (χ1n) is 10.9. The summed E-state index contributed by atoms with van der Waals surface area (Å²) < 4.78 is 27.7. The molecule has 3 aliphatic heterocycles. The molecule has 5 rings (SSSR count). The molecule has 4 aliphatic rings. The number of hydrogen-bond acceptors (Lipinski definition) is 6. The number of dihydropyridines is 1. The van der Waals surface area contributed by atoms with Crippen molar-refractivity contribution in [2.45, 2.75) is 45.3 Å². The van der Waals surface area contributed by atoms with Crippen molar-refractivity contribution in [1.29, 1.82) is 0 Å². The smallest absolute Gasteiger partial charge is 0.218 e. The van der Waals surface area contributed by atoms with Crippen LogP contribution in [0.1, 0.15) is 45.1 Å². The van der Waals surface area contributed by atoms with E-state index in [1.54, 1.807) is 4.31 Å². The maximum absolute atomic E-state index is 13.3. The van der Waals surface area contributed by atoms with E-state index in [-0.39, 0.29) is 17.0 Å². The molecule has 1 aliphatic carbocycles. The van der Waals surface area contributed by atoms with Gasteiger partial charge in [-0.1, -0.05) is 44.2 Å². The van der Waals surface area contributed by atoms with Gasteiger partial charge in [0.15, 0.2) is 11.6 Å². The lowest BCUT2D eigenvalue weighted by Gasteiger charge is -2.48. The van der Waals surface area contributed by atoms with E-state index in [1.807, 2.05) is 30.3 Å². The van der Waals surface area contributed by atoms with Crippen molar-refractivity contribution in [3.63, 3.8) is 0 Å². The Labute approximate surface area is 183 Å². The van der Waals surface area contributed by atoms with Crippen LogP contribution in [0.15, 0.2) is 63.2 Å². The highest BCUT2D eigenvalue weighted by molar-refractivity contribution is 7.88. The zero-order chi connectivity index (χ0) is 21.9. The van der Waals surface area contributed by atoms with Gasteiger partial charge in [0.1, 0.15) is 0 Å². The minimum atomic E-state index is -3.42. The van der Waals surface area contributed by atoms with Gasteiger partial charge in [-0.2, -0.15) is 5.11 Å². The standard InChI is InChI=1S/C23H28N4O3S/c1-22(2)12-18-20(19(28)13-22)23(17-14-24-26-21(17)25-18)8-10-27(11-9-23)31(29,30)15-16-6-4-3-5-7-16/h3-7,25H,8-15H2,1-2H3. The first kappa shape index (κ1) is 20.6. The van der Waals surface area contributed by atoms with Crippen molar-refractivity contribution in [1.82, 2.24) is 9.62 Å². The number of carbonyl (C=O) groups is 1. The molecule has 0 unspecified atom stereocenters. The van der Waals surface area contributed by atoms with Crippen LogP contribution in [0, 0.1) is 10.8 Å². The van der Waals surface area contributed by atoms with Crippen LogP contribution >= 0.6 is 0 Å². The van der Waals surface area contributed by atoms with Gasteiger partial charge in [0, 0.05) is 41.8 Å². The lowest BCUT2D eigenvalue weighted by atomic mass is 9.60. The lowest BCUT2D eigenvalue weighted by Crippen LogP contribution is -2.50. The van der Waals surface area contributed by atoms with Gasteiger partial charge in [-0.3, -0.25) is 4.79 Å². The van der Waals surface area contributed by atoms with Crippen molar-refractivity contribution in [2.24, 2.45) is 21.1 Å². The van der Waals surface area contributed by atoms with E-state index < -0.39 is 15.4 Å². The van der Waals surface area contributed by atoms with Crippen LogP contribution in [0.4, 0.5) is 0 Å². The van der Waals surface area contributed by atoms with Gasteiger partial charge in [-0.05, 0) is 30.2 Å². The maximum Gasteiger partial charge on any atom is 0.218 e. The van der Waals surface area contributed by atoms with Crippen LogP contribution in [0.2, 0.25) is 0 Å². The van der Waals surface area contributed by atoms with Crippen molar-refractivity contribution in [3.05, 3.63) is 58.6 Å². The Morgan fingerprint density at radius 2 is 1.81 bits per heavy atom. The highest BCUT2D eigenvalue weighted by atomic mass is 32.2. The Bertz CT molecular complexity index is 1120. The summed E-state index contributed by atoms with van der Waals surface area (Å²) in [5, 5.41) is 11.9. The Morgan fingerprint density at radius 3 is 2.52 bits per heavy atom. The molecular formula is C23H28N4O3S. The van der Waals surface area contributed by atoms with Crippen molar-refractivity contribution >= 4 is 15.8 Å². The largest absolute Gasteiger partial charge is 0.342 e. The predicted molar refractivity (Wildman–Crippen MR) is 117 cm³/mol. The molecular weight excluding hydrogens is 412 g/mol. The van der Waals surface area contributed by atoms with Crippen LogP contribution in [-0.4, -0.2) is 38.1 Å². The molecule has 0 radical (unpaired) electrons. The van der Waals surface area contributed by atoms with E-state index >= 15 is 0 Å².